The maximum Gasteiger partial charge on any atom is 0.495 e. The topological polar surface area (TPSA) is 53.4 Å². The third-order valence-electron chi connectivity index (χ3n) is 4.99. The number of pyridine rings is 1. The molecule has 3 heterocycles. The maximum absolute atomic E-state index is 12.6. The van der Waals surface area contributed by atoms with Gasteiger partial charge in [-0.1, -0.05) is 20.8 Å². The summed E-state index contributed by atoms with van der Waals surface area (Å²) in [5.74, 6) is 0.0102. The zero-order chi connectivity index (χ0) is 17.9. The molecule has 1 aliphatic heterocycles. The molecular formula is C18H25BN2O3. The van der Waals surface area contributed by atoms with Gasteiger partial charge in [0.25, 0.3) is 0 Å². The van der Waals surface area contributed by atoms with Crippen LogP contribution in [0.2, 0.25) is 0 Å². The molecular weight excluding hydrogens is 303 g/mol. The summed E-state index contributed by atoms with van der Waals surface area (Å²) < 4.78 is 13.9. The van der Waals surface area contributed by atoms with E-state index >= 15 is 0 Å². The molecule has 0 unspecified atom stereocenters. The minimum absolute atomic E-state index is 0.0102. The van der Waals surface area contributed by atoms with E-state index < -0.39 is 23.7 Å². The molecule has 3 rings (SSSR count). The number of fused-ring (bicyclic) bond motifs is 1. The van der Waals surface area contributed by atoms with E-state index in [2.05, 4.69) is 4.98 Å². The summed E-state index contributed by atoms with van der Waals surface area (Å²) in [5, 5.41) is 0.883. The minimum Gasteiger partial charge on any atom is -0.399 e. The van der Waals surface area contributed by atoms with Crippen molar-refractivity contribution in [1.82, 2.24) is 9.55 Å². The van der Waals surface area contributed by atoms with Crippen molar-refractivity contribution in [2.24, 2.45) is 5.41 Å². The summed E-state index contributed by atoms with van der Waals surface area (Å²) in [4.78, 5) is 17.1. The average Bonchev–Trinajstić information content (AvgIpc) is 2.95. The number of hydrogen-bond donors (Lipinski definition) is 0. The first kappa shape index (κ1) is 17.2. The van der Waals surface area contributed by atoms with Gasteiger partial charge in [0.15, 0.2) is 0 Å². The molecule has 0 N–H and O–H groups in total. The Morgan fingerprint density at radius 1 is 1.12 bits per heavy atom. The summed E-state index contributed by atoms with van der Waals surface area (Å²) in [7, 11) is -0.471. The van der Waals surface area contributed by atoms with Gasteiger partial charge < -0.3 is 9.31 Å². The number of carbonyl (C=O) groups is 1. The van der Waals surface area contributed by atoms with Crippen LogP contribution >= 0.6 is 0 Å². The van der Waals surface area contributed by atoms with Gasteiger partial charge in [-0.15, -0.1) is 0 Å². The largest absolute Gasteiger partial charge is 0.495 e. The third-order valence-corrected chi connectivity index (χ3v) is 4.99. The highest BCUT2D eigenvalue weighted by molar-refractivity contribution is 6.65. The predicted molar refractivity (Wildman–Crippen MR) is 95.5 cm³/mol. The Labute approximate surface area is 143 Å². The molecule has 6 heteroatoms. The Bertz CT molecular complexity index is 786. The van der Waals surface area contributed by atoms with E-state index in [-0.39, 0.29) is 5.91 Å². The average molecular weight is 328 g/mol. The fourth-order valence-electron chi connectivity index (χ4n) is 2.76. The summed E-state index contributed by atoms with van der Waals surface area (Å²) >= 11 is 0. The van der Waals surface area contributed by atoms with Gasteiger partial charge in [0.1, 0.15) is 5.65 Å². The molecule has 0 saturated carbocycles. The molecule has 5 nitrogen and oxygen atoms in total. The SMILES string of the molecule is CC(C)(C)C(=O)n1ccc2c(B3OC(C)(C)C(C)(C)O3)ccnc21. The third kappa shape index (κ3) is 2.58. The van der Waals surface area contributed by atoms with Crippen molar-refractivity contribution in [1.29, 1.82) is 0 Å². The van der Waals surface area contributed by atoms with Crippen LogP contribution in [-0.4, -0.2) is 33.8 Å². The monoisotopic (exact) mass is 328 g/mol. The van der Waals surface area contributed by atoms with Crippen LogP contribution in [0.25, 0.3) is 11.0 Å². The highest BCUT2D eigenvalue weighted by Crippen LogP contribution is 2.37. The quantitative estimate of drug-likeness (QED) is 0.755. The van der Waals surface area contributed by atoms with E-state index in [4.69, 9.17) is 9.31 Å². The van der Waals surface area contributed by atoms with Crippen molar-refractivity contribution >= 4 is 29.5 Å². The molecule has 0 aromatic carbocycles. The van der Waals surface area contributed by atoms with Gasteiger partial charge in [-0.2, -0.15) is 0 Å². The highest BCUT2D eigenvalue weighted by atomic mass is 16.7. The molecule has 1 fully saturated rings. The van der Waals surface area contributed by atoms with Crippen molar-refractivity contribution in [3.63, 3.8) is 0 Å². The zero-order valence-electron chi connectivity index (χ0n) is 15.5. The van der Waals surface area contributed by atoms with Gasteiger partial charge in [0, 0.05) is 23.2 Å². The number of carbonyl (C=O) groups excluding carboxylic acids is 1. The molecule has 2 aromatic heterocycles. The van der Waals surface area contributed by atoms with Crippen molar-refractivity contribution in [2.75, 3.05) is 0 Å². The van der Waals surface area contributed by atoms with Gasteiger partial charge in [-0.25, -0.2) is 4.98 Å². The fourth-order valence-corrected chi connectivity index (χ4v) is 2.76. The van der Waals surface area contributed by atoms with Gasteiger partial charge >= 0.3 is 7.12 Å². The number of hydrogen-bond acceptors (Lipinski definition) is 4. The van der Waals surface area contributed by atoms with Crippen LogP contribution in [0, 0.1) is 5.41 Å². The molecule has 24 heavy (non-hydrogen) atoms. The lowest BCUT2D eigenvalue weighted by molar-refractivity contribution is 0.00578. The van der Waals surface area contributed by atoms with Crippen LogP contribution in [0.4, 0.5) is 0 Å². The Morgan fingerprint density at radius 2 is 1.71 bits per heavy atom. The normalized spacial score (nSPS) is 19.9. The highest BCUT2D eigenvalue weighted by Gasteiger charge is 2.52. The van der Waals surface area contributed by atoms with Gasteiger partial charge in [-0.05, 0) is 45.3 Å². The molecule has 0 amide bonds. The zero-order valence-corrected chi connectivity index (χ0v) is 15.5. The van der Waals surface area contributed by atoms with Crippen LogP contribution in [0.1, 0.15) is 53.3 Å². The van der Waals surface area contributed by atoms with Crippen LogP contribution in [0.5, 0.6) is 0 Å². The minimum atomic E-state index is -0.478. The number of aromatic nitrogens is 2. The second-order valence-corrected chi connectivity index (χ2v) is 8.47. The van der Waals surface area contributed by atoms with Crippen molar-refractivity contribution in [2.45, 2.75) is 59.7 Å². The molecule has 1 aliphatic rings. The van der Waals surface area contributed by atoms with Crippen LogP contribution in [-0.2, 0) is 9.31 Å². The van der Waals surface area contributed by atoms with E-state index in [9.17, 15) is 4.79 Å². The second-order valence-electron chi connectivity index (χ2n) is 8.47. The molecule has 0 spiro atoms. The Morgan fingerprint density at radius 3 is 2.25 bits per heavy atom. The number of nitrogens with zero attached hydrogens (tertiary/aromatic N) is 2. The van der Waals surface area contributed by atoms with E-state index in [1.165, 1.54) is 0 Å². The molecule has 0 radical (unpaired) electrons. The van der Waals surface area contributed by atoms with Crippen molar-refractivity contribution in [3.8, 4) is 0 Å². The van der Waals surface area contributed by atoms with E-state index in [0.29, 0.717) is 5.65 Å². The smallest absolute Gasteiger partial charge is 0.399 e. The molecule has 0 bridgehead atoms. The first-order chi connectivity index (χ1) is 10.9. The Balaban J connectivity index is 2.07. The van der Waals surface area contributed by atoms with E-state index in [1.54, 1.807) is 17.0 Å². The molecule has 1 saturated heterocycles. The van der Waals surface area contributed by atoms with Crippen molar-refractivity contribution in [3.05, 3.63) is 24.5 Å². The van der Waals surface area contributed by atoms with Gasteiger partial charge in [-0.3, -0.25) is 9.36 Å². The van der Waals surface area contributed by atoms with Gasteiger partial charge in [0.2, 0.25) is 5.91 Å². The molecule has 128 valence electrons. The van der Waals surface area contributed by atoms with Gasteiger partial charge in [0.05, 0.1) is 11.2 Å². The van der Waals surface area contributed by atoms with Crippen LogP contribution in [0.15, 0.2) is 24.5 Å². The summed E-state index contributed by atoms with van der Waals surface area (Å²) in [6.07, 6.45) is 3.48. The summed E-state index contributed by atoms with van der Waals surface area (Å²) in [6.45, 7) is 13.8. The van der Waals surface area contributed by atoms with E-state index in [1.807, 2.05) is 60.6 Å². The standard InChI is InChI=1S/C18H25BN2O3/c1-16(2,3)15(22)21-11-9-12-13(8-10-20-14(12)21)19-23-17(4,5)18(6,7)24-19/h8-11H,1-7H3. The first-order valence-electron chi connectivity index (χ1n) is 8.30. The van der Waals surface area contributed by atoms with Crippen LogP contribution in [0.3, 0.4) is 0 Å². The van der Waals surface area contributed by atoms with E-state index in [0.717, 1.165) is 10.8 Å². The fraction of sp³-hybridized carbons (Fsp3) is 0.556. The molecule has 0 atom stereocenters. The van der Waals surface area contributed by atoms with Crippen LogP contribution < -0.4 is 5.46 Å². The first-order valence-corrected chi connectivity index (χ1v) is 8.30. The predicted octanol–water partition coefficient (Wildman–Crippen LogP) is 3.02. The molecule has 0 aliphatic carbocycles. The molecule has 2 aromatic rings. The summed E-state index contributed by atoms with van der Waals surface area (Å²) in [5.41, 5.74) is 0.253. The Hall–Kier alpha value is -1.66. The Kier molecular flexibility index (Phi) is 3.70. The maximum atomic E-state index is 12.6. The lowest BCUT2D eigenvalue weighted by atomic mass is 9.78. The lowest BCUT2D eigenvalue weighted by Gasteiger charge is -2.32. The number of rotatable bonds is 1. The van der Waals surface area contributed by atoms with Crippen molar-refractivity contribution < 1.29 is 14.1 Å². The second kappa shape index (κ2) is 5.17. The lowest BCUT2D eigenvalue weighted by Crippen LogP contribution is -2.41. The summed E-state index contributed by atoms with van der Waals surface area (Å²) in [6, 6.07) is 3.81.